The van der Waals surface area contributed by atoms with Gasteiger partial charge in [0.2, 0.25) is 0 Å². The lowest BCUT2D eigenvalue weighted by Gasteiger charge is -2.17. The fraction of sp³-hybridized carbons (Fsp3) is 0. The van der Waals surface area contributed by atoms with E-state index in [0.717, 1.165) is 72.0 Å². The van der Waals surface area contributed by atoms with Gasteiger partial charge in [-0.3, -0.25) is 4.98 Å². The van der Waals surface area contributed by atoms with Crippen LogP contribution in [0.25, 0.3) is 133 Å². The third-order valence-electron chi connectivity index (χ3n) is 12.7. The van der Waals surface area contributed by atoms with Crippen molar-refractivity contribution in [2.45, 2.75) is 0 Å². The van der Waals surface area contributed by atoms with Crippen molar-refractivity contribution in [1.29, 1.82) is 0 Å². The molecule has 3 aromatic heterocycles. The molecule has 0 atom stereocenters. The average Bonchev–Trinajstić information content (AvgIpc) is 3.76. The van der Waals surface area contributed by atoms with Gasteiger partial charge in [0, 0.05) is 45.4 Å². The van der Waals surface area contributed by atoms with Crippen molar-refractivity contribution in [3.8, 4) is 67.5 Å². The van der Waals surface area contributed by atoms with Crippen LogP contribution in [0.5, 0.6) is 0 Å². The first-order chi connectivity index (χ1) is 32.2. The molecule has 0 amide bonds. The first-order valence-corrected chi connectivity index (χ1v) is 21.8. The number of benzene rings is 10. The van der Waals surface area contributed by atoms with Crippen LogP contribution in [-0.2, 0) is 0 Å². The molecule has 0 fully saturated rings. The lowest BCUT2D eigenvalue weighted by Crippen LogP contribution is -2.00. The zero-order chi connectivity index (χ0) is 42.8. The monoisotopic (exact) mass is 828 g/mol. The second-order valence-corrected chi connectivity index (χ2v) is 16.6. The summed E-state index contributed by atoms with van der Waals surface area (Å²) in [4.78, 5) is 20.3. The SMILES string of the molecule is c1ccc(-c2ccc3oc4ccc(-c5nc(-c6ccccc6)nc(-c6cc(-c7cccnc7)cc(-c7cc8c9ccccc9c9ccccc9c8c8ccccc78)c6)n5)cc4c3c2)cc1. The Kier molecular flexibility index (Phi) is 8.46. The summed E-state index contributed by atoms with van der Waals surface area (Å²) in [6.07, 6.45) is 3.73. The number of hydrogen-bond acceptors (Lipinski definition) is 5. The van der Waals surface area contributed by atoms with Gasteiger partial charge >= 0.3 is 0 Å². The maximum absolute atomic E-state index is 6.37. The highest BCUT2D eigenvalue weighted by Crippen LogP contribution is 2.44. The molecular weight excluding hydrogens is 793 g/mol. The van der Waals surface area contributed by atoms with E-state index in [2.05, 4.69) is 157 Å². The Bertz CT molecular complexity index is 3990. The molecule has 13 aromatic rings. The summed E-state index contributed by atoms with van der Waals surface area (Å²) < 4.78 is 6.37. The van der Waals surface area contributed by atoms with Gasteiger partial charge in [-0.2, -0.15) is 0 Å². The summed E-state index contributed by atoms with van der Waals surface area (Å²) in [5.41, 5.74) is 10.8. The van der Waals surface area contributed by atoms with Crippen LogP contribution in [0.2, 0.25) is 0 Å². The summed E-state index contributed by atoms with van der Waals surface area (Å²) in [5.74, 6) is 1.75. The molecule has 0 saturated carbocycles. The molecular formula is C60H36N4O. The molecule has 10 aromatic carbocycles. The third kappa shape index (κ3) is 6.24. The largest absolute Gasteiger partial charge is 0.456 e. The summed E-state index contributed by atoms with van der Waals surface area (Å²) in [6.45, 7) is 0. The Labute approximate surface area is 374 Å². The zero-order valence-corrected chi connectivity index (χ0v) is 35.0. The fourth-order valence-corrected chi connectivity index (χ4v) is 9.70. The first-order valence-electron chi connectivity index (χ1n) is 21.8. The Morgan fingerprint density at radius 3 is 1.45 bits per heavy atom. The Morgan fingerprint density at radius 2 is 0.769 bits per heavy atom. The highest BCUT2D eigenvalue weighted by atomic mass is 16.3. The third-order valence-corrected chi connectivity index (χ3v) is 12.7. The molecule has 0 bridgehead atoms. The molecule has 302 valence electrons. The van der Waals surface area contributed by atoms with Gasteiger partial charge in [-0.25, -0.2) is 15.0 Å². The van der Waals surface area contributed by atoms with Crippen LogP contribution in [0, 0.1) is 0 Å². The van der Waals surface area contributed by atoms with Crippen LogP contribution in [0.4, 0.5) is 0 Å². The van der Waals surface area contributed by atoms with Crippen molar-refractivity contribution >= 4 is 65.0 Å². The van der Waals surface area contributed by atoms with E-state index in [4.69, 9.17) is 19.4 Å². The number of pyridine rings is 1. The Hall–Kier alpha value is -8.80. The predicted molar refractivity (Wildman–Crippen MR) is 268 cm³/mol. The number of aromatic nitrogens is 4. The normalized spacial score (nSPS) is 11.7. The topological polar surface area (TPSA) is 64.7 Å². The van der Waals surface area contributed by atoms with Crippen molar-refractivity contribution < 1.29 is 4.42 Å². The molecule has 3 heterocycles. The molecule has 0 spiro atoms. The number of fused-ring (bicyclic) bond motifs is 11. The van der Waals surface area contributed by atoms with Crippen LogP contribution in [0.3, 0.4) is 0 Å². The van der Waals surface area contributed by atoms with Crippen LogP contribution >= 0.6 is 0 Å². The smallest absolute Gasteiger partial charge is 0.164 e. The molecule has 0 N–H and O–H groups in total. The van der Waals surface area contributed by atoms with E-state index in [1.54, 1.807) is 0 Å². The molecule has 0 aliphatic carbocycles. The second kappa shape index (κ2) is 14.9. The Balaban J connectivity index is 1.05. The maximum atomic E-state index is 6.37. The van der Waals surface area contributed by atoms with E-state index < -0.39 is 0 Å². The fourth-order valence-electron chi connectivity index (χ4n) is 9.70. The van der Waals surface area contributed by atoms with Crippen molar-refractivity contribution in [3.63, 3.8) is 0 Å². The molecule has 13 rings (SSSR count). The number of nitrogens with zero attached hydrogens (tertiary/aromatic N) is 4. The standard InChI is InChI=1S/C60H36N4O/c1-3-14-37(15-4-1)39-25-27-55-52(33-39)53-34-40(26-28-56(53)65-55)59-62-58(38-16-5-2-6-17-38)63-60(64-59)44-31-42(41-18-13-29-61-36-41)30-43(32-44)51-35-54-47-21-8-7-19-45(47)46-20-9-11-23-49(46)57(54)50-24-12-10-22-48(50)51/h1-36H. The van der Waals surface area contributed by atoms with E-state index in [1.807, 2.05) is 67.0 Å². The van der Waals surface area contributed by atoms with Gasteiger partial charge in [0.1, 0.15) is 11.2 Å². The quantitative estimate of drug-likeness (QED) is 0.156. The van der Waals surface area contributed by atoms with E-state index in [-0.39, 0.29) is 0 Å². The molecule has 0 saturated heterocycles. The number of hydrogen-bond donors (Lipinski definition) is 0. The zero-order valence-electron chi connectivity index (χ0n) is 35.0. The van der Waals surface area contributed by atoms with E-state index in [0.29, 0.717) is 17.5 Å². The van der Waals surface area contributed by atoms with Gasteiger partial charge in [-0.15, -0.1) is 0 Å². The van der Waals surface area contributed by atoms with Crippen LogP contribution in [0.15, 0.2) is 223 Å². The van der Waals surface area contributed by atoms with E-state index >= 15 is 0 Å². The maximum Gasteiger partial charge on any atom is 0.164 e. The summed E-state index contributed by atoms with van der Waals surface area (Å²) >= 11 is 0. The predicted octanol–water partition coefficient (Wildman–Crippen LogP) is 15.8. The Morgan fingerprint density at radius 1 is 0.277 bits per heavy atom. The summed E-state index contributed by atoms with van der Waals surface area (Å²) in [5, 5.41) is 11.9. The van der Waals surface area contributed by atoms with Crippen LogP contribution < -0.4 is 0 Å². The minimum Gasteiger partial charge on any atom is -0.456 e. The lowest BCUT2D eigenvalue weighted by atomic mass is 9.86. The van der Waals surface area contributed by atoms with Crippen LogP contribution in [-0.4, -0.2) is 19.9 Å². The van der Waals surface area contributed by atoms with Crippen molar-refractivity contribution in [3.05, 3.63) is 219 Å². The first kappa shape index (κ1) is 36.8. The number of furan rings is 1. The summed E-state index contributed by atoms with van der Waals surface area (Å²) in [6, 6.07) is 72.7. The van der Waals surface area contributed by atoms with Crippen molar-refractivity contribution in [1.82, 2.24) is 19.9 Å². The minimum absolute atomic E-state index is 0.575. The highest BCUT2D eigenvalue weighted by molar-refractivity contribution is 6.33. The molecule has 0 radical (unpaired) electrons. The molecule has 5 heteroatoms. The molecule has 5 nitrogen and oxygen atoms in total. The van der Waals surface area contributed by atoms with Gasteiger partial charge in [0.25, 0.3) is 0 Å². The van der Waals surface area contributed by atoms with E-state index in [1.165, 1.54) is 43.1 Å². The van der Waals surface area contributed by atoms with Gasteiger partial charge < -0.3 is 4.42 Å². The molecule has 0 aliphatic heterocycles. The van der Waals surface area contributed by atoms with Crippen molar-refractivity contribution in [2.24, 2.45) is 0 Å². The molecule has 0 unspecified atom stereocenters. The number of rotatable bonds is 6. The van der Waals surface area contributed by atoms with Crippen LogP contribution in [0.1, 0.15) is 0 Å². The highest BCUT2D eigenvalue weighted by Gasteiger charge is 2.20. The van der Waals surface area contributed by atoms with Gasteiger partial charge in [-0.1, -0.05) is 146 Å². The molecule has 65 heavy (non-hydrogen) atoms. The van der Waals surface area contributed by atoms with Crippen molar-refractivity contribution in [2.75, 3.05) is 0 Å². The second-order valence-electron chi connectivity index (χ2n) is 16.6. The van der Waals surface area contributed by atoms with Gasteiger partial charge in [0.15, 0.2) is 17.5 Å². The lowest BCUT2D eigenvalue weighted by molar-refractivity contribution is 0.669. The van der Waals surface area contributed by atoms with E-state index in [9.17, 15) is 0 Å². The van der Waals surface area contributed by atoms with Gasteiger partial charge in [-0.05, 0) is 132 Å². The summed E-state index contributed by atoms with van der Waals surface area (Å²) in [7, 11) is 0. The minimum atomic E-state index is 0.575. The van der Waals surface area contributed by atoms with Gasteiger partial charge in [0.05, 0.1) is 0 Å². The average molecular weight is 829 g/mol. The molecule has 0 aliphatic rings.